The molecule has 0 saturated carbocycles. The first-order chi connectivity index (χ1) is 14.8. The quantitative estimate of drug-likeness (QED) is 0.326. The summed E-state index contributed by atoms with van der Waals surface area (Å²) in [4.78, 5) is 34.8. The number of rotatable bonds is 8. The van der Waals surface area contributed by atoms with Crippen LogP contribution in [0.15, 0.2) is 36.5 Å². The Morgan fingerprint density at radius 3 is 2.52 bits per heavy atom. The van der Waals surface area contributed by atoms with E-state index in [1.54, 1.807) is 27.0 Å². The number of carbonyl (C=O) groups excluding carboxylic acids is 2. The van der Waals surface area contributed by atoms with E-state index >= 15 is 0 Å². The van der Waals surface area contributed by atoms with Crippen molar-refractivity contribution in [1.82, 2.24) is 19.6 Å². The molecule has 1 aromatic carbocycles. The van der Waals surface area contributed by atoms with Gasteiger partial charge in [0.05, 0.1) is 29.1 Å². The van der Waals surface area contributed by atoms with Gasteiger partial charge in [0.1, 0.15) is 5.82 Å². The Hall–Kier alpha value is -4.22. The second kappa shape index (κ2) is 9.07. The van der Waals surface area contributed by atoms with Crippen molar-refractivity contribution in [2.45, 2.75) is 13.8 Å². The van der Waals surface area contributed by atoms with Gasteiger partial charge in [0, 0.05) is 25.2 Å². The fourth-order valence-corrected chi connectivity index (χ4v) is 2.71. The Morgan fingerprint density at radius 2 is 1.94 bits per heavy atom. The number of nitro groups is 1. The van der Waals surface area contributed by atoms with E-state index in [4.69, 9.17) is 9.47 Å². The Morgan fingerprint density at radius 1 is 1.23 bits per heavy atom. The zero-order valence-electron chi connectivity index (χ0n) is 17.1. The van der Waals surface area contributed by atoms with Crippen LogP contribution < -0.4 is 10.1 Å². The van der Waals surface area contributed by atoms with Gasteiger partial charge in [-0.15, -0.1) is 0 Å². The van der Waals surface area contributed by atoms with Gasteiger partial charge in [0.15, 0.2) is 12.4 Å². The molecule has 12 heteroatoms. The summed E-state index contributed by atoms with van der Waals surface area (Å²) in [6.07, 6.45) is 1.40. The van der Waals surface area contributed by atoms with Crippen LogP contribution >= 0.6 is 0 Å². The number of nitro benzene ring substituents is 1. The van der Waals surface area contributed by atoms with Crippen LogP contribution in [0.1, 0.15) is 23.1 Å². The smallest absolute Gasteiger partial charge is 0.362 e. The molecule has 1 amide bonds. The molecule has 3 rings (SSSR count). The van der Waals surface area contributed by atoms with E-state index in [1.165, 1.54) is 39.8 Å². The lowest BCUT2D eigenvalue weighted by atomic mass is 10.3. The Bertz CT molecular complexity index is 1120. The number of benzene rings is 1. The van der Waals surface area contributed by atoms with Crippen LogP contribution in [0.3, 0.4) is 0 Å². The number of esters is 1. The Labute approximate surface area is 176 Å². The van der Waals surface area contributed by atoms with Crippen molar-refractivity contribution >= 4 is 23.4 Å². The number of nitrogens with one attached hydrogen (secondary N) is 1. The second-order valence-electron chi connectivity index (χ2n) is 6.41. The zero-order chi connectivity index (χ0) is 22.5. The van der Waals surface area contributed by atoms with E-state index in [0.29, 0.717) is 11.5 Å². The molecule has 31 heavy (non-hydrogen) atoms. The third-order valence-electron chi connectivity index (χ3n) is 4.10. The maximum absolute atomic E-state index is 12.3. The standard InChI is InChI=1S/C19H20N6O6/c1-4-30-19(27)18-15(31-11-17(26)20-16-9-12(2)21-23(16)3)10-24(22-18)13-5-7-14(8-6-13)25(28)29/h5-10H,4,11H2,1-3H3,(H,20,26). The van der Waals surface area contributed by atoms with Crippen LogP contribution in [0.25, 0.3) is 5.69 Å². The number of hydrogen-bond donors (Lipinski definition) is 1. The molecule has 2 heterocycles. The summed E-state index contributed by atoms with van der Waals surface area (Å²) in [6, 6.07) is 7.27. The molecule has 0 aliphatic carbocycles. The number of ether oxygens (including phenoxy) is 2. The maximum Gasteiger partial charge on any atom is 0.362 e. The van der Waals surface area contributed by atoms with Crippen LogP contribution in [0.4, 0.5) is 11.5 Å². The van der Waals surface area contributed by atoms with Crippen molar-refractivity contribution in [1.29, 1.82) is 0 Å². The van der Waals surface area contributed by atoms with Crippen LogP contribution in [0, 0.1) is 17.0 Å². The van der Waals surface area contributed by atoms with Crippen LogP contribution in [-0.4, -0.2) is 49.6 Å². The molecule has 0 saturated heterocycles. The Kier molecular flexibility index (Phi) is 6.29. The molecule has 162 valence electrons. The van der Waals surface area contributed by atoms with Crippen molar-refractivity contribution in [2.24, 2.45) is 7.05 Å². The summed E-state index contributed by atoms with van der Waals surface area (Å²) < 4.78 is 13.3. The van der Waals surface area contributed by atoms with Crippen LogP contribution in [0.2, 0.25) is 0 Å². The molecule has 0 aliphatic rings. The van der Waals surface area contributed by atoms with Gasteiger partial charge in [-0.3, -0.25) is 19.6 Å². The highest BCUT2D eigenvalue weighted by molar-refractivity contribution is 5.92. The van der Waals surface area contributed by atoms with Crippen LogP contribution in [-0.2, 0) is 16.6 Å². The summed E-state index contributed by atoms with van der Waals surface area (Å²) in [7, 11) is 1.69. The molecule has 1 N–H and O–H groups in total. The lowest BCUT2D eigenvalue weighted by Gasteiger charge is -2.07. The van der Waals surface area contributed by atoms with Crippen molar-refractivity contribution in [3.63, 3.8) is 0 Å². The number of anilines is 1. The summed E-state index contributed by atoms with van der Waals surface area (Å²) in [5.74, 6) is -0.645. The predicted molar refractivity (Wildman–Crippen MR) is 108 cm³/mol. The average molecular weight is 428 g/mol. The van der Waals surface area contributed by atoms with Gasteiger partial charge in [-0.25, -0.2) is 9.48 Å². The molecule has 0 aliphatic heterocycles. The highest BCUT2D eigenvalue weighted by Crippen LogP contribution is 2.22. The fourth-order valence-electron chi connectivity index (χ4n) is 2.71. The monoisotopic (exact) mass is 428 g/mol. The summed E-state index contributed by atoms with van der Waals surface area (Å²) in [5.41, 5.74) is 0.998. The first-order valence-electron chi connectivity index (χ1n) is 9.23. The molecule has 0 bridgehead atoms. The number of hydrogen-bond acceptors (Lipinski definition) is 8. The largest absolute Gasteiger partial charge is 0.480 e. The highest BCUT2D eigenvalue weighted by atomic mass is 16.6. The van der Waals surface area contributed by atoms with E-state index in [9.17, 15) is 19.7 Å². The van der Waals surface area contributed by atoms with Gasteiger partial charge in [-0.2, -0.15) is 10.2 Å². The number of non-ortho nitro benzene ring substituents is 1. The molecule has 2 aromatic heterocycles. The normalized spacial score (nSPS) is 10.5. The second-order valence-corrected chi connectivity index (χ2v) is 6.41. The molecule has 3 aromatic rings. The molecule has 12 nitrogen and oxygen atoms in total. The molecular weight excluding hydrogens is 408 g/mol. The number of aromatic nitrogens is 4. The first kappa shape index (κ1) is 21.5. The van der Waals surface area contributed by atoms with Crippen molar-refractivity contribution in [3.8, 4) is 11.4 Å². The van der Waals surface area contributed by atoms with Gasteiger partial charge in [-0.1, -0.05) is 0 Å². The van der Waals surface area contributed by atoms with Crippen molar-refractivity contribution in [2.75, 3.05) is 18.5 Å². The van der Waals surface area contributed by atoms with E-state index in [0.717, 1.165) is 5.69 Å². The predicted octanol–water partition coefficient (Wildman–Crippen LogP) is 2.02. The van der Waals surface area contributed by atoms with E-state index in [-0.39, 0.29) is 30.3 Å². The van der Waals surface area contributed by atoms with E-state index in [2.05, 4.69) is 15.5 Å². The highest BCUT2D eigenvalue weighted by Gasteiger charge is 2.21. The van der Waals surface area contributed by atoms with E-state index < -0.39 is 16.8 Å². The minimum absolute atomic E-state index is 0.0353. The first-order valence-corrected chi connectivity index (χ1v) is 9.23. The fraction of sp³-hybridized carbons (Fsp3) is 0.263. The van der Waals surface area contributed by atoms with Crippen molar-refractivity contribution < 1.29 is 24.0 Å². The number of nitrogens with zero attached hydrogens (tertiary/aromatic N) is 5. The van der Waals surface area contributed by atoms with E-state index in [1.807, 2.05) is 0 Å². The number of amides is 1. The molecule has 0 fully saturated rings. The number of carbonyl (C=O) groups is 2. The third kappa shape index (κ3) is 5.04. The van der Waals surface area contributed by atoms with Gasteiger partial charge in [-0.05, 0) is 26.0 Å². The summed E-state index contributed by atoms with van der Waals surface area (Å²) in [5, 5.41) is 21.8. The number of aryl methyl sites for hydroxylation is 2. The van der Waals surface area contributed by atoms with Gasteiger partial charge >= 0.3 is 5.97 Å². The van der Waals surface area contributed by atoms with Crippen LogP contribution in [0.5, 0.6) is 5.75 Å². The lowest BCUT2D eigenvalue weighted by Crippen LogP contribution is -2.22. The summed E-state index contributed by atoms with van der Waals surface area (Å²) in [6.45, 7) is 3.19. The maximum atomic E-state index is 12.3. The lowest BCUT2D eigenvalue weighted by molar-refractivity contribution is -0.384. The minimum atomic E-state index is -0.721. The Balaban J connectivity index is 1.79. The minimum Gasteiger partial charge on any atom is -0.480 e. The van der Waals surface area contributed by atoms with Crippen molar-refractivity contribution in [3.05, 3.63) is 58.0 Å². The average Bonchev–Trinajstić information content (AvgIpc) is 3.29. The van der Waals surface area contributed by atoms with Gasteiger partial charge in [0.25, 0.3) is 11.6 Å². The van der Waals surface area contributed by atoms with Gasteiger partial charge in [0.2, 0.25) is 5.69 Å². The van der Waals surface area contributed by atoms with Gasteiger partial charge < -0.3 is 14.8 Å². The molecule has 0 unspecified atom stereocenters. The summed E-state index contributed by atoms with van der Waals surface area (Å²) >= 11 is 0. The molecule has 0 atom stereocenters. The molecular formula is C19H20N6O6. The molecule has 0 radical (unpaired) electrons. The third-order valence-corrected chi connectivity index (χ3v) is 4.10. The topological polar surface area (TPSA) is 143 Å². The molecule has 0 spiro atoms. The zero-order valence-corrected chi connectivity index (χ0v) is 17.1. The SMILES string of the molecule is CCOC(=O)c1nn(-c2ccc([N+](=O)[O-])cc2)cc1OCC(=O)Nc1cc(C)nn1C.